The molecule has 2 rings (SSSR count). The fraction of sp³-hybridized carbons (Fsp3) is 0.667. The molecule has 1 aliphatic carbocycles. The number of nitrogens with zero attached hydrogens (tertiary/aromatic N) is 1. The number of hydrogen-bond acceptors (Lipinski definition) is 4. The Bertz CT molecular complexity index is 331. The van der Waals surface area contributed by atoms with Crippen LogP contribution in [0.2, 0.25) is 0 Å². The number of aromatic nitrogens is 1. The fourth-order valence-electron chi connectivity index (χ4n) is 2.31. The van der Waals surface area contributed by atoms with Crippen LogP contribution in [-0.4, -0.2) is 22.0 Å². The van der Waals surface area contributed by atoms with E-state index in [0.29, 0.717) is 0 Å². The Labute approximate surface area is 99.5 Å². The zero-order valence-electron chi connectivity index (χ0n) is 9.26. The van der Waals surface area contributed by atoms with E-state index in [9.17, 15) is 9.90 Å². The molecule has 3 nitrogen and oxygen atoms in total. The third kappa shape index (κ3) is 2.89. The Balaban J connectivity index is 1.88. The topological polar surface area (TPSA) is 50.2 Å². The van der Waals surface area contributed by atoms with E-state index in [1.807, 2.05) is 5.38 Å². The highest BCUT2D eigenvalue weighted by Gasteiger charge is 2.27. The van der Waals surface area contributed by atoms with Gasteiger partial charge in [-0.2, -0.15) is 0 Å². The van der Waals surface area contributed by atoms with Gasteiger partial charge in [0.1, 0.15) is 6.10 Å². The fourth-order valence-corrected chi connectivity index (χ4v) is 2.93. The first-order valence-corrected chi connectivity index (χ1v) is 6.74. The monoisotopic (exact) mass is 239 g/mol. The smallest absolute Gasteiger partial charge is 0.168 e. The standard InChI is InChI=1S/C12H17NO2S/c14-10(8-11-13-6-7-16-11)12(15)9-4-2-1-3-5-9/h6-7,9,12,15H,1-5,8H2. The van der Waals surface area contributed by atoms with Crippen molar-refractivity contribution < 1.29 is 9.90 Å². The maximum atomic E-state index is 11.8. The summed E-state index contributed by atoms with van der Waals surface area (Å²) in [4.78, 5) is 15.9. The summed E-state index contributed by atoms with van der Waals surface area (Å²) in [5.41, 5.74) is 0. The molecule has 1 unspecified atom stereocenters. The summed E-state index contributed by atoms with van der Waals surface area (Å²) in [6.07, 6.45) is 6.72. The molecule has 1 atom stereocenters. The second-order valence-corrected chi connectivity index (χ2v) is 5.39. The molecule has 1 N–H and O–H groups in total. The minimum absolute atomic E-state index is 0.0677. The molecule has 0 aliphatic heterocycles. The lowest BCUT2D eigenvalue weighted by atomic mass is 9.83. The molecule has 1 saturated carbocycles. The number of ketones is 1. The largest absolute Gasteiger partial charge is 0.385 e. The molecule has 0 saturated heterocycles. The van der Waals surface area contributed by atoms with E-state index >= 15 is 0 Å². The Morgan fingerprint density at radius 3 is 2.88 bits per heavy atom. The summed E-state index contributed by atoms with van der Waals surface area (Å²) in [7, 11) is 0. The second-order valence-electron chi connectivity index (χ2n) is 4.41. The predicted octanol–water partition coefficient (Wildman–Crippen LogP) is 2.20. The zero-order chi connectivity index (χ0) is 11.4. The van der Waals surface area contributed by atoms with Crippen LogP contribution in [0.4, 0.5) is 0 Å². The van der Waals surface area contributed by atoms with Crippen molar-refractivity contribution in [3.8, 4) is 0 Å². The van der Waals surface area contributed by atoms with E-state index in [0.717, 1.165) is 30.7 Å². The molecule has 1 aromatic rings. The SMILES string of the molecule is O=C(Cc1nccs1)C(O)C1CCCCC1. The number of Topliss-reactive ketones (excluding diaryl/α,β-unsaturated/α-hetero) is 1. The molecule has 0 radical (unpaired) electrons. The minimum Gasteiger partial charge on any atom is -0.385 e. The van der Waals surface area contributed by atoms with E-state index in [4.69, 9.17) is 0 Å². The average Bonchev–Trinajstić information content (AvgIpc) is 2.82. The van der Waals surface area contributed by atoms with Gasteiger partial charge in [0.05, 0.1) is 11.4 Å². The number of carbonyl (C=O) groups excluding carboxylic acids is 1. The van der Waals surface area contributed by atoms with Crippen LogP contribution in [-0.2, 0) is 11.2 Å². The third-order valence-corrected chi connectivity index (χ3v) is 4.01. The van der Waals surface area contributed by atoms with Gasteiger partial charge in [-0.05, 0) is 18.8 Å². The summed E-state index contributed by atoms with van der Waals surface area (Å²) in [6.45, 7) is 0. The van der Waals surface area contributed by atoms with Gasteiger partial charge >= 0.3 is 0 Å². The molecule has 1 fully saturated rings. The van der Waals surface area contributed by atoms with Crippen molar-refractivity contribution in [1.29, 1.82) is 0 Å². The number of thiazole rings is 1. The third-order valence-electron chi connectivity index (χ3n) is 3.24. The number of aliphatic hydroxyl groups excluding tert-OH is 1. The van der Waals surface area contributed by atoms with Crippen LogP contribution >= 0.6 is 11.3 Å². The zero-order valence-corrected chi connectivity index (χ0v) is 10.1. The summed E-state index contributed by atoms with van der Waals surface area (Å²) in [6, 6.07) is 0. The Morgan fingerprint density at radius 2 is 2.25 bits per heavy atom. The normalized spacial score (nSPS) is 19.6. The van der Waals surface area contributed by atoms with Gasteiger partial charge in [-0.3, -0.25) is 4.79 Å². The number of rotatable bonds is 4. The molecule has 88 valence electrons. The lowest BCUT2D eigenvalue weighted by Gasteiger charge is -2.25. The van der Waals surface area contributed by atoms with Crippen LogP contribution in [0, 0.1) is 5.92 Å². The molecule has 0 bridgehead atoms. The molecule has 4 heteroatoms. The van der Waals surface area contributed by atoms with Crippen molar-refractivity contribution in [2.24, 2.45) is 5.92 Å². The number of carbonyl (C=O) groups is 1. The van der Waals surface area contributed by atoms with Crippen molar-refractivity contribution in [2.75, 3.05) is 0 Å². The van der Waals surface area contributed by atoms with Gasteiger partial charge in [-0.25, -0.2) is 4.98 Å². The Kier molecular flexibility index (Phi) is 4.07. The lowest BCUT2D eigenvalue weighted by molar-refractivity contribution is -0.129. The molecule has 1 aromatic heterocycles. The average molecular weight is 239 g/mol. The lowest BCUT2D eigenvalue weighted by Crippen LogP contribution is -2.32. The van der Waals surface area contributed by atoms with Crippen LogP contribution in [0.5, 0.6) is 0 Å². The van der Waals surface area contributed by atoms with E-state index in [1.165, 1.54) is 17.8 Å². The van der Waals surface area contributed by atoms with Gasteiger partial charge in [0.15, 0.2) is 5.78 Å². The van der Waals surface area contributed by atoms with Crippen molar-refractivity contribution >= 4 is 17.1 Å². The van der Waals surface area contributed by atoms with Crippen LogP contribution in [0.3, 0.4) is 0 Å². The van der Waals surface area contributed by atoms with Crippen LogP contribution in [0.15, 0.2) is 11.6 Å². The predicted molar refractivity (Wildman–Crippen MR) is 63.4 cm³/mol. The molecular formula is C12H17NO2S. The molecule has 16 heavy (non-hydrogen) atoms. The van der Waals surface area contributed by atoms with Crippen LogP contribution < -0.4 is 0 Å². The van der Waals surface area contributed by atoms with E-state index < -0.39 is 6.10 Å². The van der Waals surface area contributed by atoms with Gasteiger partial charge in [-0.15, -0.1) is 11.3 Å². The van der Waals surface area contributed by atoms with Gasteiger partial charge < -0.3 is 5.11 Å². The highest BCUT2D eigenvalue weighted by molar-refractivity contribution is 7.09. The molecule has 0 amide bonds. The molecule has 0 spiro atoms. The van der Waals surface area contributed by atoms with Gasteiger partial charge in [0.2, 0.25) is 0 Å². The maximum Gasteiger partial charge on any atom is 0.168 e. The summed E-state index contributed by atoms with van der Waals surface area (Å²) >= 11 is 1.47. The Morgan fingerprint density at radius 1 is 1.50 bits per heavy atom. The van der Waals surface area contributed by atoms with Crippen molar-refractivity contribution in [2.45, 2.75) is 44.6 Å². The summed E-state index contributed by atoms with van der Waals surface area (Å²) < 4.78 is 0. The quantitative estimate of drug-likeness (QED) is 0.876. The summed E-state index contributed by atoms with van der Waals surface area (Å²) in [5.74, 6) is 0.114. The first-order chi connectivity index (χ1) is 7.77. The molecule has 1 aliphatic rings. The molecule has 1 heterocycles. The molecule has 0 aromatic carbocycles. The highest BCUT2D eigenvalue weighted by atomic mass is 32.1. The van der Waals surface area contributed by atoms with Gasteiger partial charge in [-0.1, -0.05) is 19.3 Å². The van der Waals surface area contributed by atoms with Crippen molar-refractivity contribution in [1.82, 2.24) is 4.98 Å². The van der Waals surface area contributed by atoms with Crippen LogP contribution in [0.25, 0.3) is 0 Å². The number of hydrogen-bond donors (Lipinski definition) is 1. The molecular weight excluding hydrogens is 222 g/mol. The van der Waals surface area contributed by atoms with Crippen LogP contribution in [0.1, 0.15) is 37.1 Å². The second kappa shape index (κ2) is 5.55. The number of aliphatic hydroxyl groups is 1. The van der Waals surface area contributed by atoms with E-state index in [1.54, 1.807) is 6.20 Å². The Hall–Kier alpha value is -0.740. The maximum absolute atomic E-state index is 11.8. The van der Waals surface area contributed by atoms with Gasteiger partial charge in [0.25, 0.3) is 0 Å². The first kappa shape index (κ1) is 11.7. The van der Waals surface area contributed by atoms with Gasteiger partial charge in [0, 0.05) is 11.6 Å². The highest BCUT2D eigenvalue weighted by Crippen LogP contribution is 2.27. The van der Waals surface area contributed by atoms with E-state index in [2.05, 4.69) is 4.98 Å². The minimum atomic E-state index is -0.774. The van der Waals surface area contributed by atoms with Crippen molar-refractivity contribution in [3.05, 3.63) is 16.6 Å². The summed E-state index contributed by atoms with van der Waals surface area (Å²) in [5, 5.41) is 12.6. The van der Waals surface area contributed by atoms with Crippen molar-refractivity contribution in [3.63, 3.8) is 0 Å². The van der Waals surface area contributed by atoms with E-state index in [-0.39, 0.29) is 18.1 Å². The first-order valence-electron chi connectivity index (χ1n) is 5.86.